The van der Waals surface area contributed by atoms with Crippen LogP contribution in [0.25, 0.3) is 0 Å². The molecule has 5 heteroatoms. The van der Waals surface area contributed by atoms with Gasteiger partial charge in [-0.2, -0.15) is 0 Å². The van der Waals surface area contributed by atoms with Gasteiger partial charge in [0.05, 0.1) is 5.92 Å². The number of rotatable bonds is 5. The van der Waals surface area contributed by atoms with E-state index in [-0.39, 0.29) is 5.92 Å². The molecule has 0 aliphatic heterocycles. The summed E-state index contributed by atoms with van der Waals surface area (Å²) < 4.78 is 2.10. The van der Waals surface area contributed by atoms with E-state index in [1.54, 1.807) is 6.20 Å². The van der Waals surface area contributed by atoms with E-state index in [4.69, 9.17) is 5.11 Å². The van der Waals surface area contributed by atoms with Crippen LogP contribution in [0.15, 0.2) is 12.4 Å². The molecular formula is C13H21N3O2. The van der Waals surface area contributed by atoms with E-state index >= 15 is 0 Å². The molecule has 5 nitrogen and oxygen atoms in total. The Labute approximate surface area is 107 Å². The molecule has 0 spiro atoms. The molecule has 1 fully saturated rings. The Morgan fingerprint density at radius 1 is 1.61 bits per heavy atom. The number of aliphatic carboxylic acids is 1. The minimum Gasteiger partial charge on any atom is -0.481 e. The molecule has 18 heavy (non-hydrogen) atoms. The van der Waals surface area contributed by atoms with E-state index in [1.807, 2.05) is 13.1 Å². The van der Waals surface area contributed by atoms with Crippen LogP contribution in [0.4, 0.5) is 0 Å². The minimum atomic E-state index is -0.646. The van der Waals surface area contributed by atoms with Crippen LogP contribution in [0.1, 0.15) is 31.5 Å². The van der Waals surface area contributed by atoms with E-state index in [1.165, 1.54) is 0 Å². The van der Waals surface area contributed by atoms with Crippen molar-refractivity contribution in [1.29, 1.82) is 0 Å². The largest absolute Gasteiger partial charge is 0.481 e. The topological polar surface area (TPSA) is 67.2 Å². The smallest absolute Gasteiger partial charge is 0.306 e. The molecule has 1 aromatic rings. The number of nitrogens with zero attached hydrogens (tertiary/aromatic N) is 2. The SMILES string of the molecule is Cc1nccn1CCNC1CCCC(C(=O)O)C1. The zero-order valence-electron chi connectivity index (χ0n) is 10.8. The Morgan fingerprint density at radius 3 is 3.11 bits per heavy atom. The lowest BCUT2D eigenvalue weighted by Gasteiger charge is -2.27. The maximum Gasteiger partial charge on any atom is 0.306 e. The molecule has 0 radical (unpaired) electrons. The van der Waals surface area contributed by atoms with Gasteiger partial charge >= 0.3 is 5.97 Å². The molecule has 1 saturated carbocycles. The molecule has 2 atom stereocenters. The molecule has 0 amide bonds. The van der Waals surface area contributed by atoms with Crippen LogP contribution in [0.2, 0.25) is 0 Å². The first-order chi connectivity index (χ1) is 8.66. The lowest BCUT2D eigenvalue weighted by atomic mass is 9.86. The van der Waals surface area contributed by atoms with Crippen molar-refractivity contribution in [3.63, 3.8) is 0 Å². The fourth-order valence-electron chi connectivity index (χ4n) is 2.63. The summed E-state index contributed by atoms with van der Waals surface area (Å²) in [4.78, 5) is 15.1. The van der Waals surface area contributed by atoms with E-state index in [0.29, 0.717) is 6.04 Å². The zero-order chi connectivity index (χ0) is 13.0. The first-order valence-electron chi connectivity index (χ1n) is 6.60. The van der Waals surface area contributed by atoms with Gasteiger partial charge in [0.1, 0.15) is 5.82 Å². The lowest BCUT2D eigenvalue weighted by molar-refractivity contribution is -0.143. The summed E-state index contributed by atoms with van der Waals surface area (Å²) in [6.07, 6.45) is 7.46. The summed E-state index contributed by atoms with van der Waals surface area (Å²) in [6.45, 7) is 3.75. The van der Waals surface area contributed by atoms with Crippen LogP contribution in [-0.2, 0) is 11.3 Å². The fraction of sp³-hybridized carbons (Fsp3) is 0.692. The monoisotopic (exact) mass is 251 g/mol. The summed E-state index contributed by atoms with van der Waals surface area (Å²) in [5.74, 6) is 0.210. The van der Waals surface area contributed by atoms with Crippen molar-refractivity contribution in [1.82, 2.24) is 14.9 Å². The second-order valence-electron chi connectivity index (χ2n) is 5.02. The number of aryl methyl sites for hydroxylation is 1. The highest BCUT2D eigenvalue weighted by Gasteiger charge is 2.26. The van der Waals surface area contributed by atoms with Gasteiger partial charge < -0.3 is 15.0 Å². The number of carboxylic acids is 1. The first-order valence-corrected chi connectivity index (χ1v) is 6.60. The lowest BCUT2D eigenvalue weighted by Crippen LogP contribution is -2.37. The number of carboxylic acid groups (broad SMARTS) is 1. The van der Waals surface area contributed by atoms with Crippen molar-refractivity contribution in [2.24, 2.45) is 5.92 Å². The van der Waals surface area contributed by atoms with Crippen LogP contribution >= 0.6 is 0 Å². The predicted octanol–water partition coefficient (Wildman–Crippen LogP) is 1.42. The molecule has 2 N–H and O–H groups in total. The highest BCUT2D eigenvalue weighted by molar-refractivity contribution is 5.70. The quantitative estimate of drug-likeness (QED) is 0.830. The second kappa shape index (κ2) is 6.00. The molecule has 1 aliphatic carbocycles. The Balaban J connectivity index is 1.73. The highest BCUT2D eigenvalue weighted by Crippen LogP contribution is 2.24. The molecule has 0 saturated heterocycles. The van der Waals surface area contributed by atoms with Crippen molar-refractivity contribution in [2.75, 3.05) is 6.54 Å². The van der Waals surface area contributed by atoms with E-state index < -0.39 is 5.97 Å². The van der Waals surface area contributed by atoms with Crippen LogP contribution in [0.5, 0.6) is 0 Å². The number of hydrogen-bond acceptors (Lipinski definition) is 3. The molecule has 1 aliphatic rings. The Kier molecular flexibility index (Phi) is 4.36. The first kappa shape index (κ1) is 13.1. The van der Waals surface area contributed by atoms with Gasteiger partial charge in [-0.1, -0.05) is 6.42 Å². The maximum atomic E-state index is 11.0. The van der Waals surface area contributed by atoms with Crippen molar-refractivity contribution in [2.45, 2.75) is 45.2 Å². The van der Waals surface area contributed by atoms with Crippen molar-refractivity contribution in [3.05, 3.63) is 18.2 Å². The standard InChI is InChI=1S/C13H21N3O2/c1-10-14-5-7-16(10)8-6-15-12-4-2-3-11(9-12)13(17)18/h5,7,11-12,15H,2-4,6,8-9H2,1H3,(H,17,18). The minimum absolute atomic E-state index is 0.161. The van der Waals surface area contributed by atoms with E-state index in [9.17, 15) is 4.79 Å². The summed E-state index contributed by atoms with van der Waals surface area (Å²) in [5, 5.41) is 12.5. The van der Waals surface area contributed by atoms with Crippen LogP contribution in [0, 0.1) is 12.8 Å². The van der Waals surface area contributed by atoms with Gasteiger partial charge in [0, 0.05) is 31.5 Å². The average Bonchev–Trinajstić information content (AvgIpc) is 2.76. The summed E-state index contributed by atoms with van der Waals surface area (Å²) in [7, 11) is 0. The number of nitrogens with one attached hydrogen (secondary N) is 1. The van der Waals surface area contributed by atoms with Crippen molar-refractivity contribution < 1.29 is 9.90 Å². The Hall–Kier alpha value is -1.36. The number of carbonyl (C=O) groups is 1. The van der Waals surface area contributed by atoms with Crippen LogP contribution in [0.3, 0.4) is 0 Å². The third-order valence-corrected chi connectivity index (χ3v) is 3.73. The zero-order valence-corrected chi connectivity index (χ0v) is 10.8. The molecular weight excluding hydrogens is 230 g/mol. The third-order valence-electron chi connectivity index (χ3n) is 3.73. The summed E-state index contributed by atoms with van der Waals surface area (Å²) in [6, 6.07) is 0.351. The molecule has 2 unspecified atom stereocenters. The Morgan fingerprint density at radius 2 is 2.44 bits per heavy atom. The normalized spacial score (nSPS) is 24.1. The Bertz CT molecular complexity index is 403. The van der Waals surface area contributed by atoms with Crippen LogP contribution in [-0.4, -0.2) is 33.2 Å². The van der Waals surface area contributed by atoms with Gasteiger partial charge in [0.15, 0.2) is 0 Å². The van der Waals surface area contributed by atoms with Gasteiger partial charge in [0.25, 0.3) is 0 Å². The van der Waals surface area contributed by atoms with Crippen LogP contribution < -0.4 is 5.32 Å². The number of hydrogen-bond donors (Lipinski definition) is 2. The van der Waals surface area contributed by atoms with E-state index in [0.717, 1.165) is 44.6 Å². The third kappa shape index (κ3) is 3.32. The molecule has 1 aromatic heterocycles. The van der Waals surface area contributed by atoms with Gasteiger partial charge in [-0.3, -0.25) is 4.79 Å². The average molecular weight is 251 g/mol. The van der Waals surface area contributed by atoms with Gasteiger partial charge in [-0.15, -0.1) is 0 Å². The van der Waals surface area contributed by atoms with Gasteiger partial charge in [-0.25, -0.2) is 4.98 Å². The maximum absolute atomic E-state index is 11.0. The molecule has 0 bridgehead atoms. The number of aromatic nitrogens is 2. The van der Waals surface area contributed by atoms with Crippen molar-refractivity contribution in [3.8, 4) is 0 Å². The molecule has 1 heterocycles. The second-order valence-corrected chi connectivity index (χ2v) is 5.02. The molecule has 100 valence electrons. The fourth-order valence-corrected chi connectivity index (χ4v) is 2.63. The number of imidazole rings is 1. The summed E-state index contributed by atoms with van der Waals surface area (Å²) in [5.41, 5.74) is 0. The predicted molar refractivity (Wildman–Crippen MR) is 68.3 cm³/mol. The van der Waals surface area contributed by atoms with Gasteiger partial charge in [-0.05, 0) is 26.2 Å². The van der Waals surface area contributed by atoms with Gasteiger partial charge in [0.2, 0.25) is 0 Å². The molecule has 0 aromatic carbocycles. The summed E-state index contributed by atoms with van der Waals surface area (Å²) >= 11 is 0. The molecule has 2 rings (SSSR count). The van der Waals surface area contributed by atoms with Crippen molar-refractivity contribution >= 4 is 5.97 Å². The van der Waals surface area contributed by atoms with E-state index in [2.05, 4.69) is 14.9 Å². The highest BCUT2D eigenvalue weighted by atomic mass is 16.4.